The van der Waals surface area contributed by atoms with Crippen molar-refractivity contribution in [2.45, 2.75) is 120 Å². The van der Waals surface area contributed by atoms with Crippen LogP contribution in [0.5, 0.6) is 34.5 Å². The second-order valence-electron chi connectivity index (χ2n) is 30.7. The summed E-state index contributed by atoms with van der Waals surface area (Å²) in [5.41, 5.74) is 0. The fourth-order valence-electron chi connectivity index (χ4n) is 15.9. The molecule has 23 heteroatoms. The van der Waals surface area contributed by atoms with Crippen LogP contribution >= 0.6 is 0 Å². The number of methoxy groups -OCH3 is 1. The van der Waals surface area contributed by atoms with Gasteiger partial charge in [0, 0.05) is 137 Å². The van der Waals surface area contributed by atoms with E-state index in [1.165, 1.54) is 137 Å². The van der Waals surface area contributed by atoms with Crippen LogP contribution in [0.25, 0.3) is 64.6 Å². The van der Waals surface area contributed by atoms with Gasteiger partial charge in [-0.05, 0) is 161 Å². The number of unbranched alkanes of at least 4 members (excludes halogenated alkanes) is 2. The number of hydrogen-bond acceptors (Lipinski definition) is 11. The van der Waals surface area contributed by atoms with Gasteiger partial charge in [0.2, 0.25) is 0 Å². The predicted molar refractivity (Wildman–Crippen MR) is 510 cm³/mol. The largest absolute Gasteiger partial charge is 0.507 e. The Labute approximate surface area is 744 Å². The van der Waals surface area contributed by atoms with Crippen molar-refractivity contribution in [3.05, 3.63) is 218 Å². The summed E-state index contributed by atoms with van der Waals surface area (Å²) in [6, 6.07) is 73.6. The Kier molecular flexibility index (Phi) is 36.9. The molecule has 6 aliphatic rings. The molecule has 0 amide bonds. The van der Waals surface area contributed by atoms with Crippen LogP contribution in [-0.2, 0) is 89.1 Å². The zero-order chi connectivity index (χ0) is 86.3. The second-order valence-corrected chi connectivity index (χ2v) is 44.1. The molecule has 12 aromatic rings. The van der Waals surface area contributed by atoms with Crippen LogP contribution in [0.3, 0.4) is 0 Å². The average molecular weight is 1810 g/mol. The third kappa shape index (κ3) is 26.6. The Morgan fingerprint density at radius 3 is 0.750 bits per heavy atom. The highest BCUT2D eigenvalue weighted by Gasteiger charge is 2.36. The lowest BCUT2D eigenvalue weighted by atomic mass is 10.1. The topological polar surface area (TPSA) is 113 Å². The van der Waals surface area contributed by atoms with E-state index in [1.807, 2.05) is 84.9 Å². The van der Waals surface area contributed by atoms with Gasteiger partial charge in [0.15, 0.2) is 42.6 Å². The number of halogens is 6. The van der Waals surface area contributed by atoms with Crippen LogP contribution in [-0.4, -0.2) is 186 Å². The first-order valence-corrected chi connectivity index (χ1v) is 52.9. The minimum absolute atomic E-state index is 0.0853. The summed E-state index contributed by atoms with van der Waals surface area (Å²) >= 11 is 0. The normalized spacial score (nSPS) is 16.6. The average Bonchev–Trinajstić information content (AvgIpc) is 0.938. The quantitative estimate of drug-likeness (QED) is 0.0398. The van der Waals surface area contributed by atoms with Gasteiger partial charge in [-0.1, -0.05) is 136 Å². The molecule has 124 heavy (non-hydrogen) atoms. The van der Waals surface area contributed by atoms with Crippen molar-refractivity contribution >= 4 is 130 Å². The van der Waals surface area contributed by atoms with Crippen LogP contribution < -0.4 is 23.7 Å². The highest BCUT2D eigenvalue weighted by Crippen LogP contribution is 2.41. The maximum atomic E-state index is 12.4. The third-order valence-corrected chi connectivity index (χ3v) is 36.4. The van der Waals surface area contributed by atoms with Crippen LogP contribution in [0.1, 0.15) is 78.1 Å². The Hall–Kier alpha value is -7.52. The van der Waals surface area contributed by atoms with Gasteiger partial charge in [-0.3, -0.25) is 0 Å². The number of rotatable bonds is 22. The van der Waals surface area contributed by atoms with Gasteiger partial charge in [0.25, 0.3) is 0 Å². The minimum atomic E-state index is -4.33. The molecular weight excluding hydrogens is 1700 g/mol. The Bertz CT molecular complexity index is 4930. The minimum Gasteiger partial charge on any atom is -0.507 e. The number of phenolic OH excluding ortho intramolecular Hbond substituents is 1. The maximum absolute atomic E-state index is 12.4. The Morgan fingerprint density at radius 2 is 0.492 bits per heavy atom. The van der Waals surface area contributed by atoms with E-state index >= 15 is 0 Å². The van der Waals surface area contributed by atoms with E-state index in [0.29, 0.717) is 57.4 Å². The summed E-state index contributed by atoms with van der Waals surface area (Å²) in [5.74, 6) is 17.9. The highest BCUT2D eigenvalue weighted by atomic mass is 32.2. The molecule has 6 aliphatic heterocycles. The smallest absolute Gasteiger partial charge is 0.422 e. The first-order chi connectivity index (χ1) is 60.6. The molecule has 0 saturated carbocycles. The van der Waals surface area contributed by atoms with Crippen LogP contribution in [0.15, 0.2) is 248 Å². The van der Waals surface area contributed by atoms with E-state index in [-0.39, 0.29) is 38.4 Å². The molecular formula is C101H118F6O11S6+6. The molecule has 0 atom stereocenters. The van der Waals surface area contributed by atoms with Gasteiger partial charge >= 0.3 is 12.4 Å². The second kappa shape index (κ2) is 48.6. The summed E-state index contributed by atoms with van der Waals surface area (Å²) < 4.78 is 129. The van der Waals surface area contributed by atoms with Gasteiger partial charge < -0.3 is 52.5 Å². The van der Waals surface area contributed by atoms with Crippen molar-refractivity contribution in [2.75, 3.05) is 169 Å². The zero-order valence-electron chi connectivity index (χ0n) is 71.5. The highest BCUT2D eigenvalue weighted by molar-refractivity contribution is 7.98. The zero-order valence-corrected chi connectivity index (χ0v) is 76.4. The van der Waals surface area contributed by atoms with Gasteiger partial charge in [-0.25, -0.2) is 0 Å². The van der Waals surface area contributed by atoms with Crippen LogP contribution in [0, 0.1) is 0 Å². The molecule has 12 aromatic carbocycles. The lowest BCUT2D eigenvalue weighted by molar-refractivity contribution is -0.153. The fourth-order valence-corrected chi connectivity index (χ4v) is 29.0. The van der Waals surface area contributed by atoms with Gasteiger partial charge in [0.05, 0.1) is 72.7 Å². The first-order valence-electron chi connectivity index (χ1n) is 43.6. The number of phenols is 1. The molecule has 18 rings (SSSR count). The van der Waals surface area contributed by atoms with Gasteiger partial charge in [-0.15, -0.1) is 0 Å². The van der Waals surface area contributed by atoms with Crippen molar-refractivity contribution in [3.63, 3.8) is 0 Å². The van der Waals surface area contributed by atoms with E-state index in [2.05, 4.69) is 135 Å². The van der Waals surface area contributed by atoms with Crippen molar-refractivity contribution in [1.82, 2.24) is 0 Å². The first kappa shape index (κ1) is 94.1. The molecule has 0 unspecified atom stereocenters. The number of fused-ring (bicyclic) bond motifs is 6. The number of ether oxygens (including phenoxy) is 10. The van der Waals surface area contributed by atoms with E-state index in [9.17, 15) is 31.4 Å². The number of benzene rings is 12. The lowest BCUT2D eigenvalue weighted by Gasteiger charge is -2.17. The SMILES string of the molecule is CCCCOc1ccc([S+]2CCCCC2)c2ccccc12.CCCCOc1ccc([S+]2CCOCC2)c2ccccc12.COCCOc1ccc([S+]2CCOCC2)c2ccccc12.FC(F)(F)COc1ccc([S+]2CCCCC2)c2ccccc12.FC(F)(F)COc1ccc([S+]2CCOCC2)c2ccccc12.Oc1ccc([S+]2CCOCC2)c2ccccc12. The fraction of sp³-hybridized carbons (Fsp3) is 0.406. The molecule has 0 aliphatic carbocycles. The molecule has 6 saturated heterocycles. The molecule has 11 nitrogen and oxygen atoms in total. The molecule has 0 radical (unpaired) electrons. The summed E-state index contributed by atoms with van der Waals surface area (Å²) in [5, 5.41) is 23.4. The molecule has 0 bridgehead atoms. The molecule has 6 heterocycles. The van der Waals surface area contributed by atoms with Crippen molar-refractivity contribution in [2.24, 2.45) is 0 Å². The molecule has 0 aromatic heterocycles. The van der Waals surface area contributed by atoms with E-state index in [4.69, 9.17) is 47.4 Å². The van der Waals surface area contributed by atoms with Crippen molar-refractivity contribution in [3.8, 4) is 34.5 Å². The van der Waals surface area contributed by atoms with Crippen molar-refractivity contribution in [1.29, 1.82) is 0 Å². The van der Waals surface area contributed by atoms with Gasteiger partial charge in [-0.2, -0.15) is 26.3 Å². The monoisotopic (exact) mass is 1810 g/mol. The number of alkyl halides is 6. The molecule has 0 spiro atoms. The van der Waals surface area contributed by atoms with Crippen LogP contribution in [0.2, 0.25) is 0 Å². The summed E-state index contributed by atoms with van der Waals surface area (Å²) in [6.07, 6.45) is 3.91. The summed E-state index contributed by atoms with van der Waals surface area (Å²) in [4.78, 5) is 8.34. The standard InChI is InChI=1S/C19H25OS.C18H23O2S.C17H18F3OS.C17H21O3S.C16H16F3O2S.C14H14O2S/c1-2-3-13-20-18-11-12-19(21-14-7-4-8-15-21)17-10-6-5-9-16(17)18;1-2-3-10-20-17-8-9-18(21-13-11-19-12-14-21)16-7-5-4-6-15(16)17;18-17(19,20)12-21-15-8-9-16(22-10-4-1-5-11-22)14-7-3-2-6-13(14)15;1-18-8-9-20-16-6-7-17(21-12-10-19-11-13-21)15-5-3-2-4-14(15)16;17-16(18,19)11-21-14-5-6-15(22-9-7-20-8-10-22)13-4-2-1-3-12(13)14;15-13-5-6-14(17-9-7-16-8-10-17)12-4-2-1-3-11(12)13/h5-6,9-12H,2-4,7-8,13-15H2,1H3;4-9H,2-3,10-14H2,1H3;2-3,6-9H,1,4-5,10-12H2;2-7H,8-13H2,1H3;1-6H,7-11H2;1-6H,7-10H2/q5*+1;/p+1. The summed E-state index contributed by atoms with van der Waals surface area (Å²) in [7, 11) is 3.32. The Balaban J connectivity index is 0.000000128. The van der Waals surface area contributed by atoms with Crippen molar-refractivity contribution < 1.29 is 78.8 Å². The van der Waals surface area contributed by atoms with Crippen LogP contribution in [0.4, 0.5) is 26.3 Å². The van der Waals surface area contributed by atoms with E-state index < -0.39 is 25.6 Å². The molecule has 6 fully saturated rings. The third-order valence-electron chi connectivity index (χ3n) is 22.1. The number of hydrogen-bond donors (Lipinski definition) is 1. The summed E-state index contributed by atoms with van der Waals surface area (Å²) in [6.45, 7) is 11.4. The predicted octanol–water partition coefficient (Wildman–Crippen LogP) is 23.4. The maximum Gasteiger partial charge on any atom is 0.422 e. The molecule has 1 N–H and O–H groups in total. The Morgan fingerprint density at radius 1 is 0.266 bits per heavy atom. The van der Waals surface area contributed by atoms with E-state index in [1.54, 1.807) is 24.1 Å². The van der Waals surface area contributed by atoms with Gasteiger partial charge in [0.1, 0.15) is 110 Å². The van der Waals surface area contributed by atoms with E-state index in [0.717, 1.165) is 169 Å². The molecule has 660 valence electrons. The lowest BCUT2D eigenvalue weighted by Crippen LogP contribution is -2.26. The number of aromatic hydroxyl groups is 1.